The van der Waals surface area contributed by atoms with Gasteiger partial charge in [0.1, 0.15) is 18.3 Å². The van der Waals surface area contributed by atoms with Gasteiger partial charge in [0.15, 0.2) is 0 Å². The average Bonchev–Trinajstić information content (AvgIpc) is 3.36. The van der Waals surface area contributed by atoms with Crippen molar-refractivity contribution >= 4 is 24.0 Å². The lowest BCUT2D eigenvalue weighted by Gasteiger charge is -2.22. The number of rotatable bonds is 57. The number of carbonyl (C=O) groups excluding carboxylic acids is 4. The van der Waals surface area contributed by atoms with Gasteiger partial charge in [0, 0.05) is 27.4 Å². The van der Waals surface area contributed by atoms with E-state index in [4.69, 9.17) is 37.9 Å². The summed E-state index contributed by atoms with van der Waals surface area (Å²) in [4.78, 5) is 51.7. The third-order valence-corrected chi connectivity index (χ3v) is 12.9. The van der Waals surface area contributed by atoms with Gasteiger partial charge in [-0.3, -0.25) is 19.3 Å². The highest BCUT2D eigenvalue weighted by atomic mass is 16.6. The van der Waals surface area contributed by atoms with Crippen molar-refractivity contribution in [3.05, 3.63) is 0 Å². The molecule has 0 aliphatic heterocycles. The van der Waals surface area contributed by atoms with Crippen LogP contribution in [0.25, 0.3) is 0 Å². The molecule has 0 radical (unpaired) electrons. The van der Waals surface area contributed by atoms with E-state index in [9.17, 15) is 19.2 Å². The maximum atomic E-state index is 12.9. The van der Waals surface area contributed by atoms with Crippen LogP contribution in [0.2, 0.25) is 0 Å². The zero-order valence-corrected chi connectivity index (χ0v) is 48.9. The normalized spacial score (nSPS) is 11.7. The van der Waals surface area contributed by atoms with Crippen LogP contribution in [0.1, 0.15) is 261 Å². The number of amides is 1. The van der Waals surface area contributed by atoms with Crippen LogP contribution < -0.4 is 5.32 Å². The summed E-state index contributed by atoms with van der Waals surface area (Å²) in [6.07, 6.45) is 36.7. The number of nitrogens with one attached hydrogen (secondary N) is 1. The molecule has 0 aromatic carbocycles. The third-order valence-electron chi connectivity index (χ3n) is 12.9. The molecule has 14 nitrogen and oxygen atoms in total. The molecule has 0 spiro atoms. The van der Waals surface area contributed by atoms with Crippen LogP contribution >= 0.6 is 0 Å². The molecule has 1 N–H and O–H groups in total. The minimum Gasteiger partial charge on any atom is -0.466 e. The zero-order chi connectivity index (χ0) is 54.3. The Morgan fingerprint density at radius 1 is 0.405 bits per heavy atom. The summed E-state index contributed by atoms with van der Waals surface area (Å²) >= 11 is 0. The smallest absolute Gasteiger partial charge is 0.407 e. The molecule has 440 valence electrons. The topological polar surface area (TPSA) is 157 Å². The average molecular weight is 1060 g/mol. The molecule has 0 aromatic heterocycles. The van der Waals surface area contributed by atoms with Crippen LogP contribution in [0.5, 0.6) is 0 Å². The lowest BCUT2D eigenvalue weighted by Crippen LogP contribution is -2.34. The maximum Gasteiger partial charge on any atom is 0.407 e. The summed E-state index contributed by atoms with van der Waals surface area (Å²) in [5.41, 5.74) is -0.532. The SMILES string of the molecule is CCCCCCCCCOC(=O)CCCCCCCN(CCCCCCCC(=O)OC(CCCCCCCC)CCCCCCCC)CCOC(=O)CCOCCOCCOCCOCCNC(=O)OC(C)(C)C.[HH]. The van der Waals surface area contributed by atoms with E-state index in [2.05, 4.69) is 31.0 Å². The van der Waals surface area contributed by atoms with Crippen LogP contribution in [-0.4, -0.2) is 133 Å². The summed E-state index contributed by atoms with van der Waals surface area (Å²) in [6, 6.07) is 0. The van der Waals surface area contributed by atoms with Gasteiger partial charge in [-0.25, -0.2) is 4.79 Å². The Morgan fingerprint density at radius 3 is 1.30 bits per heavy atom. The van der Waals surface area contributed by atoms with Gasteiger partial charge in [0.2, 0.25) is 0 Å². The molecular weight excluding hydrogens is 941 g/mol. The fraction of sp³-hybridized carbons (Fsp3) is 0.933. The minimum absolute atomic E-state index is 0. The summed E-state index contributed by atoms with van der Waals surface area (Å²) in [6.45, 7) is 19.1. The van der Waals surface area contributed by atoms with Crippen molar-refractivity contribution in [3.8, 4) is 0 Å². The highest BCUT2D eigenvalue weighted by molar-refractivity contribution is 5.70. The second-order valence-corrected chi connectivity index (χ2v) is 21.3. The van der Waals surface area contributed by atoms with Crippen LogP contribution in [-0.2, 0) is 52.3 Å². The molecule has 0 aromatic rings. The van der Waals surface area contributed by atoms with Crippen LogP contribution in [0.4, 0.5) is 4.79 Å². The van der Waals surface area contributed by atoms with Gasteiger partial charge in [-0.05, 0) is 91.6 Å². The summed E-state index contributed by atoms with van der Waals surface area (Å²) < 4.78 is 44.5. The van der Waals surface area contributed by atoms with Crippen molar-refractivity contribution in [1.82, 2.24) is 10.2 Å². The van der Waals surface area contributed by atoms with E-state index in [0.29, 0.717) is 85.4 Å². The van der Waals surface area contributed by atoms with Crippen LogP contribution in [0.15, 0.2) is 0 Å². The van der Waals surface area contributed by atoms with Crippen LogP contribution in [0.3, 0.4) is 0 Å². The highest BCUT2D eigenvalue weighted by Gasteiger charge is 2.16. The molecule has 0 saturated carbocycles. The zero-order valence-electron chi connectivity index (χ0n) is 48.9. The first kappa shape index (κ1) is 71.5. The third kappa shape index (κ3) is 55.7. The van der Waals surface area contributed by atoms with Gasteiger partial charge in [0.05, 0.1) is 65.9 Å². The number of carbonyl (C=O) groups is 4. The Hall–Kier alpha value is -2.52. The molecule has 74 heavy (non-hydrogen) atoms. The largest absolute Gasteiger partial charge is 0.466 e. The molecule has 0 saturated heterocycles. The molecule has 0 rings (SSSR count). The first-order valence-electron chi connectivity index (χ1n) is 30.5. The van der Waals surface area contributed by atoms with Gasteiger partial charge in [-0.2, -0.15) is 0 Å². The molecule has 14 heteroatoms. The fourth-order valence-electron chi connectivity index (χ4n) is 8.55. The van der Waals surface area contributed by atoms with Crippen molar-refractivity contribution in [2.75, 3.05) is 92.2 Å². The van der Waals surface area contributed by atoms with E-state index in [1.807, 2.05) is 20.8 Å². The number of hydrogen-bond acceptors (Lipinski definition) is 13. The van der Waals surface area contributed by atoms with Gasteiger partial charge < -0.3 is 43.2 Å². The van der Waals surface area contributed by atoms with E-state index < -0.39 is 11.7 Å². The Morgan fingerprint density at radius 2 is 0.797 bits per heavy atom. The van der Waals surface area contributed by atoms with E-state index in [-0.39, 0.29) is 38.5 Å². The quantitative estimate of drug-likeness (QED) is 0.0349. The number of nitrogens with zero attached hydrogens (tertiary/aromatic N) is 1. The molecule has 0 heterocycles. The summed E-state index contributed by atoms with van der Waals surface area (Å²) in [5, 5.41) is 2.65. The van der Waals surface area contributed by atoms with Gasteiger partial charge in [-0.15, -0.1) is 0 Å². The Bertz CT molecular complexity index is 1240. The van der Waals surface area contributed by atoms with E-state index >= 15 is 0 Å². The molecule has 0 aliphatic carbocycles. The Kier molecular flexibility index (Phi) is 53.4. The van der Waals surface area contributed by atoms with Gasteiger partial charge >= 0.3 is 24.0 Å². The molecule has 0 atom stereocenters. The van der Waals surface area contributed by atoms with Crippen molar-refractivity contribution < 1.29 is 58.5 Å². The standard InChI is InChI=1S/C60H116N2O12.H2/c1-7-10-13-16-19-28-35-45-71-56(63)38-31-24-20-26-33-42-62(43-34-27-21-25-32-39-58(65)73-55(36-29-22-17-14-11-8-2)37-30-23-18-15-12-9-3)44-48-72-57(64)40-46-67-49-51-69-53-54-70-52-50-68-47-41-61-59(66)74-60(4,5)6;/h55H,7-54H2,1-6H3,(H,61,66);1H. The lowest BCUT2D eigenvalue weighted by molar-refractivity contribution is -0.150. The molecule has 0 unspecified atom stereocenters. The summed E-state index contributed by atoms with van der Waals surface area (Å²) in [7, 11) is 0. The number of unbranched alkanes of at least 4 members (excludes halogenated alkanes) is 24. The fourth-order valence-corrected chi connectivity index (χ4v) is 8.55. The monoisotopic (exact) mass is 1060 g/mol. The highest BCUT2D eigenvalue weighted by Crippen LogP contribution is 2.19. The molecular formula is C60H118N2O12. The second-order valence-electron chi connectivity index (χ2n) is 21.3. The summed E-state index contributed by atoms with van der Waals surface area (Å²) in [5.74, 6) is -0.351. The van der Waals surface area contributed by atoms with Gasteiger partial charge in [0.25, 0.3) is 0 Å². The minimum atomic E-state index is -0.532. The Labute approximate surface area is 455 Å². The number of hydrogen-bond donors (Lipinski definition) is 1. The predicted molar refractivity (Wildman–Crippen MR) is 302 cm³/mol. The van der Waals surface area contributed by atoms with Crippen molar-refractivity contribution in [1.29, 1.82) is 0 Å². The molecule has 0 bridgehead atoms. The van der Waals surface area contributed by atoms with Crippen molar-refractivity contribution in [2.24, 2.45) is 0 Å². The van der Waals surface area contributed by atoms with Gasteiger partial charge in [-0.1, -0.05) is 162 Å². The molecule has 1 amide bonds. The predicted octanol–water partition coefficient (Wildman–Crippen LogP) is 14.4. The lowest BCUT2D eigenvalue weighted by atomic mass is 10.0. The first-order valence-corrected chi connectivity index (χ1v) is 30.5. The Balaban J connectivity index is 0. The molecule has 0 aliphatic rings. The van der Waals surface area contributed by atoms with E-state index in [0.717, 1.165) is 116 Å². The van der Waals surface area contributed by atoms with E-state index in [1.165, 1.54) is 96.3 Å². The van der Waals surface area contributed by atoms with Crippen molar-refractivity contribution in [2.45, 2.75) is 272 Å². The molecule has 0 fully saturated rings. The van der Waals surface area contributed by atoms with Crippen LogP contribution in [0, 0.1) is 0 Å². The van der Waals surface area contributed by atoms with E-state index in [1.54, 1.807) is 0 Å². The number of alkyl carbamates (subject to hydrolysis) is 1. The number of ether oxygens (including phenoxy) is 8. The van der Waals surface area contributed by atoms with Crippen molar-refractivity contribution in [3.63, 3.8) is 0 Å². The number of esters is 3. The first-order chi connectivity index (χ1) is 36.0. The maximum absolute atomic E-state index is 12.9. The second kappa shape index (κ2) is 55.2.